The molecule has 5 nitrogen and oxygen atoms in total. The summed E-state index contributed by atoms with van der Waals surface area (Å²) in [7, 11) is 0. The minimum atomic E-state index is -0.0281. The van der Waals surface area contributed by atoms with Crippen LogP contribution in [-0.4, -0.2) is 42.9 Å². The van der Waals surface area contributed by atoms with Crippen molar-refractivity contribution < 1.29 is 14.3 Å². The Labute approximate surface area is 119 Å². The van der Waals surface area contributed by atoms with Gasteiger partial charge in [-0.05, 0) is 32.8 Å². The van der Waals surface area contributed by atoms with Gasteiger partial charge in [-0.1, -0.05) is 0 Å². The minimum absolute atomic E-state index is 0.0147. The Balaban J connectivity index is 1.63. The number of carbonyl (C=O) groups is 1. The van der Waals surface area contributed by atoms with Gasteiger partial charge in [0.25, 0.3) is 5.91 Å². The maximum Gasteiger partial charge on any atom is 0.253 e. The zero-order chi connectivity index (χ0) is 14.1. The fourth-order valence-corrected chi connectivity index (χ4v) is 2.86. The molecule has 0 aromatic carbocycles. The zero-order valence-electron chi connectivity index (χ0n) is 12.1. The van der Waals surface area contributed by atoms with Gasteiger partial charge in [0.2, 0.25) is 0 Å². The molecule has 0 radical (unpaired) electrons. The van der Waals surface area contributed by atoms with Crippen LogP contribution in [0.5, 0.6) is 0 Å². The first-order chi connectivity index (χ1) is 9.66. The van der Waals surface area contributed by atoms with E-state index in [0.717, 1.165) is 11.3 Å². The smallest absolute Gasteiger partial charge is 0.253 e. The van der Waals surface area contributed by atoms with Crippen LogP contribution in [0.1, 0.15) is 40.6 Å². The number of rotatable bonds is 4. The summed E-state index contributed by atoms with van der Waals surface area (Å²) in [5, 5.41) is 2.95. The molecule has 110 valence electrons. The first-order valence-electron chi connectivity index (χ1n) is 7.33. The number of ether oxygens (including phenoxy) is 2. The maximum atomic E-state index is 12.3. The molecule has 5 heteroatoms. The van der Waals surface area contributed by atoms with Crippen molar-refractivity contribution in [2.75, 3.05) is 26.4 Å². The maximum absolute atomic E-state index is 12.3. The Morgan fingerprint density at radius 2 is 2.20 bits per heavy atom. The van der Waals surface area contributed by atoms with E-state index in [0.29, 0.717) is 32.4 Å². The zero-order valence-corrected chi connectivity index (χ0v) is 12.1. The molecule has 3 rings (SSSR count). The lowest BCUT2D eigenvalue weighted by atomic mass is 10.2. The molecule has 1 unspecified atom stereocenters. The number of hydrogen-bond donors (Lipinski definition) is 1. The highest BCUT2D eigenvalue weighted by molar-refractivity contribution is 5.95. The summed E-state index contributed by atoms with van der Waals surface area (Å²) >= 11 is 0. The van der Waals surface area contributed by atoms with Crippen LogP contribution < -0.4 is 5.32 Å². The van der Waals surface area contributed by atoms with Gasteiger partial charge in [0.15, 0.2) is 0 Å². The van der Waals surface area contributed by atoms with Crippen molar-refractivity contribution in [1.82, 2.24) is 9.88 Å². The van der Waals surface area contributed by atoms with Gasteiger partial charge in [-0.25, -0.2) is 0 Å². The number of nitrogens with one attached hydrogen (secondary N) is 1. The Bertz CT molecular complexity index is 499. The van der Waals surface area contributed by atoms with Gasteiger partial charge in [-0.15, -0.1) is 0 Å². The Morgan fingerprint density at radius 1 is 1.40 bits per heavy atom. The number of aromatic nitrogens is 1. The Kier molecular flexibility index (Phi) is 3.81. The number of aryl methyl sites for hydroxylation is 1. The molecule has 1 aromatic rings. The molecule has 1 aliphatic heterocycles. The highest BCUT2D eigenvalue weighted by atomic mass is 16.6. The van der Waals surface area contributed by atoms with Crippen LogP contribution in [0.3, 0.4) is 0 Å². The SMILES string of the molecule is Cc1cc(C(=O)NCC2COCCO2)c(C)n1C1CC1. The third-order valence-corrected chi connectivity index (χ3v) is 4.02. The van der Waals surface area contributed by atoms with E-state index in [1.54, 1.807) is 0 Å². The normalized spacial score (nSPS) is 22.8. The fraction of sp³-hybridized carbons (Fsp3) is 0.667. The van der Waals surface area contributed by atoms with Crippen molar-refractivity contribution in [1.29, 1.82) is 0 Å². The number of amides is 1. The molecular formula is C15H22N2O3. The van der Waals surface area contributed by atoms with E-state index in [-0.39, 0.29) is 12.0 Å². The summed E-state index contributed by atoms with van der Waals surface area (Å²) in [6.07, 6.45) is 2.43. The van der Waals surface area contributed by atoms with Gasteiger partial charge < -0.3 is 19.4 Å². The van der Waals surface area contributed by atoms with Gasteiger partial charge in [0.1, 0.15) is 0 Å². The number of carbonyl (C=O) groups excluding carboxylic acids is 1. The molecule has 2 fully saturated rings. The van der Waals surface area contributed by atoms with Crippen LogP contribution in [-0.2, 0) is 9.47 Å². The van der Waals surface area contributed by atoms with E-state index >= 15 is 0 Å². The van der Waals surface area contributed by atoms with Crippen molar-refractivity contribution in [2.45, 2.75) is 38.8 Å². The summed E-state index contributed by atoms with van der Waals surface area (Å²) in [4.78, 5) is 12.3. The molecule has 1 aliphatic carbocycles. The second-order valence-electron chi connectivity index (χ2n) is 5.66. The van der Waals surface area contributed by atoms with Gasteiger partial charge in [-0.2, -0.15) is 0 Å². The standard InChI is InChI=1S/C15H22N2O3/c1-10-7-14(11(2)17(10)12-3-4-12)15(18)16-8-13-9-19-5-6-20-13/h7,12-13H,3-6,8-9H2,1-2H3,(H,16,18). The van der Waals surface area contributed by atoms with Crippen molar-refractivity contribution in [2.24, 2.45) is 0 Å². The van der Waals surface area contributed by atoms with Gasteiger partial charge >= 0.3 is 0 Å². The van der Waals surface area contributed by atoms with Gasteiger partial charge in [0, 0.05) is 24.0 Å². The predicted octanol–water partition coefficient (Wildman–Crippen LogP) is 1.59. The lowest BCUT2D eigenvalue weighted by Crippen LogP contribution is -2.39. The summed E-state index contributed by atoms with van der Waals surface area (Å²) in [6.45, 7) is 6.41. The van der Waals surface area contributed by atoms with E-state index in [2.05, 4.69) is 16.8 Å². The number of hydrogen-bond acceptors (Lipinski definition) is 3. The molecule has 1 amide bonds. The second kappa shape index (κ2) is 5.58. The first kappa shape index (κ1) is 13.6. The third kappa shape index (κ3) is 2.74. The Morgan fingerprint density at radius 3 is 2.85 bits per heavy atom. The monoisotopic (exact) mass is 278 g/mol. The summed E-state index contributed by atoms with van der Waals surface area (Å²) in [5.74, 6) is -0.0147. The first-order valence-corrected chi connectivity index (χ1v) is 7.33. The van der Waals surface area contributed by atoms with E-state index in [1.165, 1.54) is 18.5 Å². The third-order valence-electron chi connectivity index (χ3n) is 4.02. The van der Waals surface area contributed by atoms with E-state index in [1.807, 2.05) is 13.0 Å². The lowest BCUT2D eigenvalue weighted by Gasteiger charge is -2.23. The lowest BCUT2D eigenvalue weighted by molar-refractivity contribution is -0.0855. The van der Waals surface area contributed by atoms with Crippen molar-refractivity contribution in [3.8, 4) is 0 Å². The molecule has 1 aromatic heterocycles. The average Bonchev–Trinajstić information content (AvgIpc) is 3.23. The van der Waals surface area contributed by atoms with E-state index in [9.17, 15) is 4.79 Å². The van der Waals surface area contributed by atoms with Crippen molar-refractivity contribution >= 4 is 5.91 Å². The van der Waals surface area contributed by atoms with Gasteiger partial charge in [-0.3, -0.25) is 4.79 Å². The van der Waals surface area contributed by atoms with Crippen molar-refractivity contribution in [3.05, 3.63) is 23.0 Å². The van der Waals surface area contributed by atoms with Crippen LogP contribution in [0.2, 0.25) is 0 Å². The molecule has 2 heterocycles. The molecule has 1 saturated carbocycles. The average molecular weight is 278 g/mol. The van der Waals surface area contributed by atoms with E-state index in [4.69, 9.17) is 9.47 Å². The molecule has 2 aliphatic rings. The summed E-state index contributed by atoms with van der Waals surface area (Å²) in [6, 6.07) is 2.59. The fourth-order valence-electron chi connectivity index (χ4n) is 2.86. The molecule has 20 heavy (non-hydrogen) atoms. The van der Waals surface area contributed by atoms with Gasteiger partial charge in [0.05, 0.1) is 31.5 Å². The van der Waals surface area contributed by atoms with Crippen LogP contribution >= 0.6 is 0 Å². The topological polar surface area (TPSA) is 52.5 Å². The van der Waals surface area contributed by atoms with Crippen LogP contribution in [0.25, 0.3) is 0 Å². The molecule has 0 spiro atoms. The molecule has 0 bridgehead atoms. The van der Waals surface area contributed by atoms with E-state index < -0.39 is 0 Å². The highest BCUT2D eigenvalue weighted by Gasteiger charge is 2.28. The van der Waals surface area contributed by atoms with Crippen molar-refractivity contribution in [3.63, 3.8) is 0 Å². The summed E-state index contributed by atoms with van der Waals surface area (Å²) < 4.78 is 13.1. The van der Waals surface area contributed by atoms with Crippen LogP contribution in [0, 0.1) is 13.8 Å². The Hall–Kier alpha value is -1.33. The molecular weight excluding hydrogens is 256 g/mol. The highest BCUT2D eigenvalue weighted by Crippen LogP contribution is 2.38. The van der Waals surface area contributed by atoms with Crippen LogP contribution in [0.4, 0.5) is 0 Å². The molecule has 1 saturated heterocycles. The number of nitrogens with zero attached hydrogens (tertiary/aromatic N) is 1. The molecule has 1 N–H and O–H groups in total. The minimum Gasteiger partial charge on any atom is -0.376 e. The summed E-state index contributed by atoms with van der Waals surface area (Å²) in [5.41, 5.74) is 3.03. The quantitative estimate of drug-likeness (QED) is 0.910. The predicted molar refractivity (Wildman–Crippen MR) is 75.1 cm³/mol. The molecule has 1 atom stereocenters. The van der Waals surface area contributed by atoms with Crippen LogP contribution in [0.15, 0.2) is 6.07 Å². The largest absolute Gasteiger partial charge is 0.376 e. The second-order valence-corrected chi connectivity index (χ2v) is 5.66.